The Labute approximate surface area is 161 Å². The minimum absolute atomic E-state index is 0.192. The summed E-state index contributed by atoms with van der Waals surface area (Å²) in [5, 5.41) is 0.935. The summed E-state index contributed by atoms with van der Waals surface area (Å²) in [6, 6.07) is 22.6. The summed E-state index contributed by atoms with van der Waals surface area (Å²) in [5.41, 5.74) is 2.87. The molecule has 0 unspecified atom stereocenters. The Morgan fingerprint density at radius 1 is 0.963 bits per heavy atom. The van der Waals surface area contributed by atoms with Gasteiger partial charge in [-0.3, -0.25) is 4.79 Å². The third kappa shape index (κ3) is 3.46. The molecule has 0 saturated carbocycles. The molecule has 0 amide bonds. The van der Waals surface area contributed by atoms with Crippen molar-refractivity contribution in [1.82, 2.24) is 0 Å². The van der Waals surface area contributed by atoms with Crippen LogP contribution in [0.15, 0.2) is 82.0 Å². The van der Waals surface area contributed by atoms with E-state index in [4.69, 9.17) is 20.8 Å². The number of hydrogen-bond donors (Lipinski definition) is 0. The first-order chi connectivity index (χ1) is 13.1. The van der Waals surface area contributed by atoms with Gasteiger partial charge in [-0.1, -0.05) is 72.3 Å². The van der Waals surface area contributed by atoms with Crippen LogP contribution in [0.2, 0.25) is 5.02 Å². The second-order valence-electron chi connectivity index (χ2n) is 6.33. The molecule has 0 saturated heterocycles. The normalized spacial score (nSPS) is 10.9. The van der Waals surface area contributed by atoms with Crippen LogP contribution >= 0.6 is 11.6 Å². The maximum atomic E-state index is 13.2. The molecule has 0 fully saturated rings. The molecule has 0 atom stereocenters. The summed E-state index contributed by atoms with van der Waals surface area (Å²) in [5.74, 6) is 0.614. The summed E-state index contributed by atoms with van der Waals surface area (Å²) in [6.07, 6.45) is 0. The first kappa shape index (κ1) is 17.4. The van der Waals surface area contributed by atoms with E-state index in [0.29, 0.717) is 21.8 Å². The number of benzene rings is 3. The summed E-state index contributed by atoms with van der Waals surface area (Å²) in [4.78, 5) is 13.2. The van der Waals surface area contributed by atoms with Gasteiger partial charge < -0.3 is 9.15 Å². The van der Waals surface area contributed by atoms with Crippen molar-refractivity contribution in [3.63, 3.8) is 0 Å². The van der Waals surface area contributed by atoms with Crippen LogP contribution in [0.4, 0.5) is 0 Å². The lowest BCUT2D eigenvalue weighted by molar-refractivity contribution is 0.298. The van der Waals surface area contributed by atoms with Crippen molar-refractivity contribution < 1.29 is 9.15 Å². The Kier molecular flexibility index (Phi) is 4.69. The average molecular weight is 377 g/mol. The van der Waals surface area contributed by atoms with E-state index < -0.39 is 0 Å². The Morgan fingerprint density at radius 2 is 1.63 bits per heavy atom. The predicted molar refractivity (Wildman–Crippen MR) is 108 cm³/mol. The summed E-state index contributed by atoms with van der Waals surface area (Å²) in [6.45, 7) is 2.15. The summed E-state index contributed by atoms with van der Waals surface area (Å²) in [7, 11) is 0. The molecule has 4 rings (SSSR count). The highest BCUT2D eigenvalue weighted by molar-refractivity contribution is 6.32. The average Bonchev–Trinajstić information content (AvgIpc) is 2.70. The molecule has 0 aliphatic rings. The van der Waals surface area contributed by atoms with E-state index in [1.807, 2.05) is 67.6 Å². The van der Waals surface area contributed by atoms with Gasteiger partial charge in [-0.15, -0.1) is 0 Å². The number of aryl methyl sites for hydroxylation is 1. The van der Waals surface area contributed by atoms with Crippen LogP contribution in [-0.2, 0) is 6.61 Å². The fourth-order valence-electron chi connectivity index (χ4n) is 2.94. The highest BCUT2D eigenvalue weighted by Gasteiger charge is 2.18. The van der Waals surface area contributed by atoms with Gasteiger partial charge in [-0.2, -0.15) is 0 Å². The molecular weight excluding hydrogens is 360 g/mol. The van der Waals surface area contributed by atoms with Crippen molar-refractivity contribution in [1.29, 1.82) is 0 Å². The largest absolute Gasteiger partial charge is 0.481 e. The van der Waals surface area contributed by atoms with Crippen LogP contribution in [-0.4, -0.2) is 0 Å². The highest BCUT2D eigenvalue weighted by atomic mass is 35.5. The van der Waals surface area contributed by atoms with Crippen LogP contribution in [0.25, 0.3) is 22.3 Å². The minimum Gasteiger partial charge on any atom is -0.481 e. The van der Waals surface area contributed by atoms with Crippen LogP contribution in [0, 0.1) is 6.92 Å². The lowest BCUT2D eigenvalue weighted by Gasteiger charge is -2.12. The van der Waals surface area contributed by atoms with Gasteiger partial charge in [0.25, 0.3) is 0 Å². The molecule has 4 heteroatoms. The first-order valence-corrected chi connectivity index (χ1v) is 9.00. The molecule has 3 aromatic carbocycles. The quantitative estimate of drug-likeness (QED) is 0.438. The monoisotopic (exact) mass is 376 g/mol. The van der Waals surface area contributed by atoms with Crippen molar-refractivity contribution in [3.8, 4) is 17.1 Å². The second-order valence-corrected chi connectivity index (χ2v) is 6.73. The smallest absolute Gasteiger partial charge is 0.235 e. The van der Waals surface area contributed by atoms with Crippen molar-refractivity contribution in [3.05, 3.63) is 99.2 Å². The maximum Gasteiger partial charge on any atom is 0.235 e. The number of halogens is 1. The zero-order valence-corrected chi connectivity index (χ0v) is 15.5. The molecule has 0 radical (unpaired) electrons. The van der Waals surface area contributed by atoms with Gasteiger partial charge in [-0.25, -0.2) is 0 Å². The Balaban J connectivity index is 1.89. The van der Waals surface area contributed by atoms with Gasteiger partial charge in [-0.05, 0) is 30.2 Å². The third-order valence-corrected chi connectivity index (χ3v) is 4.80. The number of ether oxygens (including phenoxy) is 1. The number of rotatable bonds is 4. The lowest BCUT2D eigenvalue weighted by atomic mass is 10.1. The molecule has 0 aliphatic heterocycles. The molecule has 134 valence electrons. The fourth-order valence-corrected chi connectivity index (χ4v) is 3.10. The standard InChI is InChI=1S/C23H17ClO3/c1-15-12-20-18(13-19(15)24)21(25)23(26-14-16-8-4-2-5-9-16)22(27-20)17-10-6-3-7-11-17/h2-13H,14H2,1H3. The molecule has 1 aromatic heterocycles. The van der Waals surface area contributed by atoms with Gasteiger partial charge in [0.1, 0.15) is 12.2 Å². The zero-order valence-electron chi connectivity index (χ0n) is 14.7. The molecule has 1 heterocycles. The first-order valence-electron chi connectivity index (χ1n) is 8.62. The third-order valence-electron chi connectivity index (χ3n) is 4.39. The van der Waals surface area contributed by atoms with E-state index in [0.717, 1.165) is 16.7 Å². The maximum absolute atomic E-state index is 13.2. The Morgan fingerprint density at radius 3 is 2.33 bits per heavy atom. The zero-order chi connectivity index (χ0) is 18.8. The highest BCUT2D eigenvalue weighted by Crippen LogP contribution is 2.33. The Hall–Kier alpha value is -3.04. The van der Waals surface area contributed by atoms with Crippen LogP contribution in [0.3, 0.4) is 0 Å². The van der Waals surface area contributed by atoms with Gasteiger partial charge in [0, 0.05) is 10.6 Å². The van der Waals surface area contributed by atoms with E-state index >= 15 is 0 Å². The van der Waals surface area contributed by atoms with Gasteiger partial charge >= 0.3 is 0 Å². The lowest BCUT2D eigenvalue weighted by Crippen LogP contribution is -2.10. The molecule has 0 aliphatic carbocycles. The van der Waals surface area contributed by atoms with Gasteiger partial charge in [0.2, 0.25) is 11.2 Å². The summed E-state index contributed by atoms with van der Waals surface area (Å²) >= 11 is 6.22. The van der Waals surface area contributed by atoms with Crippen LogP contribution < -0.4 is 10.2 Å². The van der Waals surface area contributed by atoms with Crippen molar-refractivity contribution in [2.24, 2.45) is 0 Å². The van der Waals surface area contributed by atoms with E-state index in [1.54, 1.807) is 12.1 Å². The van der Waals surface area contributed by atoms with Crippen molar-refractivity contribution in [2.75, 3.05) is 0 Å². The minimum atomic E-state index is -0.229. The second kappa shape index (κ2) is 7.29. The topological polar surface area (TPSA) is 39.4 Å². The molecule has 3 nitrogen and oxygen atoms in total. The molecular formula is C23H17ClO3. The number of fused-ring (bicyclic) bond motifs is 1. The summed E-state index contributed by atoms with van der Waals surface area (Å²) < 4.78 is 12.0. The SMILES string of the molecule is Cc1cc2oc(-c3ccccc3)c(OCc3ccccc3)c(=O)c2cc1Cl. The van der Waals surface area contributed by atoms with E-state index in [2.05, 4.69) is 0 Å². The molecule has 4 aromatic rings. The predicted octanol–water partition coefficient (Wildman–Crippen LogP) is 6.00. The van der Waals surface area contributed by atoms with Crippen LogP contribution in [0.5, 0.6) is 5.75 Å². The van der Waals surface area contributed by atoms with Gasteiger partial charge in [0.05, 0.1) is 5.39 Å². The van der Waals surface area contributed by atoms with Crippen LogP contribution in [0.1, 0.15) is 11.1 Å². The Bertz CT molecular complexity index is 1150. The van der Waals surface area contributed by atoms with Crippen molar-refractivity contribution >= 4 is 22.6 Å². The fraction of sp³-hybridized carbons (Fsp3) is 0.0870. The molecule has 0 spiro atoms. The van der Waals surface area contributed by atoms with E-state index in [-0.39, 0.29) is 17.8 Å². The molecule has 0 N–H and O–H groups in total. The molecule has 0 bridgehead atoms. The van der Waals surface area contributed by atoms with Gasteiger partial charge in [0.15, 0.2) is 5.76 Å². The molecule has 27 heavy (non-hydrogen) atoms. The number of hydrogen-bond acceptors (Lipinski definition) is 3. The van der Waals surface area contributed by atoms with E-state index in [1.165, 1.54) is 0 Å². The van der Waals surface area contributed by atoms with E-state index in [9.17, 15) is 4.79 Å². The van der Waals surface area contributed by atoms with Crippen molar-refractivity contribution in [2.45, 2.75) is 13.5 Å².